The van der Waals surface area contributed by atoms with Gasteiger partial charge in [0, 0.05) is 12.0 Å². The first kappa shape index (κ1) is 17.7. The predicted molar refractivity (Wildman–Crippen MR) is 85.6 cm³/mol. The fourth-order valence-corrected chi connectivity index (χ4v) is 2.51. The Labute approximate surface area is 141 Å². The summed E-state index contributed by atoms with van der Waals surface area (Å²) in [6.45, 7) is 5.81. The third-order valence-corrected chi connectivity index (χ3v) is 3.46. The zero-order chi connectivity index (χ0) is 17.7. The van der Waals surface area contributed by atoms with Gasteiger partial charge in [-0.2, -0.15) is 5.26 Å². The van der Waals surface area contributed by atoms with Gasteiger partial charge in [-0.05, 0) is 44.7 Å². The average Bonchev–Trinajstić information content (AvgIpc) is 2.92. The van der Waals surface area contributed by atoms with Gasteiger partial charge >= 0.3 is 6.09 Å². The minimum atomic E-state index is -0.552. The van der Waals surface area contributed by atoms with Crippen LogP contribution in [-0.4, -0.2) is 36.1 Å². The van der Waals surface area contributed by atoms with E-state index in [4.69, 9.17) is 9.47 Å². The molecule has 128 valence electrons. The number of carbonyl (C=O) groups is 2. The van der Waals surface area contributed by atoms with Gasteiger partial charge in [0.05, 0.1) is 6.54 Å². The Bertz CT molecular complexity index is 674. The third-order valence-electron chi connectivity index (χ3n) is 3.46. The number of nitrogens with one attached hydrogen (secondary N) is 1. The van der Waals surface area contributed by atoms with E-state index in [1.165, 1.54) is 0 Å². The lowest BCUT2D eigenvalue weighted by atomic mass is 10.1. The fraction of sp³-hybridized carbons (Fsp3) is 0.529. The van der Waals surface area contributed by atoms with Crippen molar-refractivity contribution in [3.63, 3.8) is 0 Å². The SMILES string of the molecule is CC(C)(C)OC(=O)NCCOc1cc2c(c(C#N)n1)CC(C=O)C2. The molecule has 0 saturated heterocycles. The summed E-state index contributed by atoms with van der Waals surface area (Å²) in [4.78, 5) is 26.6. The third kappa shape index (κ3) is 4.69. The number of ether oxygens (including phenoxy) is 2. The van der Waals surface area contributed by atoms with Crippen molar-refractivity contribution in [3.05, 3.63) is 22.9 Å². The first-order chi connectivity index (χ1) is 11.3. The Kier molecular flexibility index (Phi) is 5.39. The van der Waals surface area contributed by atoms with Crippen LogP contribution in [0.1, 0.15) is 37.6 Å². The number of amides is 1. The number of aromatic nitrogens is 1. The number of aldehydes is 1. The highest BCUT2D eigenvalue weighted by Gasteiger charge is 2.25. The maximum atomic E-state index is 11.5. The summed E-state index contributed by atoms with van der Waals surface area (Å²) in [5.74, 6) is 0.223. The highest BCUT2D eigenvalue weighted by molar-refractivity contribution is 5.67. The Hall–Kier alpha value is -2.62. The molecule has 2 rings (SSSR count). The number of alkyl carbamates (subject to hydrolysis) is 1. The molecule has 24 heavy (non-hydrogen) atoms. The van der Waals surface area contributed by atoms with Crippen molar-refractivity contribution < 1.29 is 19.1 Å². The summed E-state index contributed by atoms with van der Waals surface area (Å²) in [7, 11) is 0. The smallest absolute Gasteiger partial charge is 0.407 e. The summed E-state index contributed by atoms with van der Waals surface area (Å²) >= 11 is 0. The molecule has 1 aliphatic rings. The topological polar surface area (TPSA) is 101 Å². The maximum absolute atomic E-state index is 11.5. The number of rotatable bonds is 5. The molecule has 0 aliphatic heterocycles. The van der Waals surface area contributed by atoms with Gasteiger partial charge < -0.3 is 19.6 Å². The van der Waals surface area contributed by atoms with Crippen LogP contribution in [0.4, 0.5) is 4.79 Å². The Balaban J connectivity index is 1.89. The number of hydrogen-bond acceptors (Lipinski definition) is 6. The maximum Gasteiger partial charge on any atom is 0.407 e. The van der Waals surface area contributed by atoms with E-state index in [9.17, 15) is 14.9 Å². The van der Waals surface area contributed by atoms with Crippen molar-refractivity contribution in [2.24, 2.45) is 5.92 Å². The van der Waals surface area contributed by atoms with Crippen LogP contribution in [0.5, 0.6) is 5.88 Å². The lowest BCUT2D eigenvalue weighted by Crippen LogP contribution is -2.34. The first-order valence-corrected chi connectivity index (χ1v) is 7.80. The second-order valence-corrected chi connectivity index (χ2v) is 6.64. The largest absolute Gasteiger partial charge is 0.476 e. The number of pyridine rings is 1. The summed E-state index contributed by atoms with van der Waals surface area (Å²) in [6.07, 6.45) is 1.55. The van der Waals surface area contributed by atoms with E-state index in [-0.39, 0.29) is 19.1 Å². The minimum absolute atomic E-state index is 0.0991. The zero-order valence-electron chi connectivity index (χ0n) is 14.1. The lowest BCUT2D eigenvalue weighted by molar-refractivity contribution is -0.110. The van der Waals surface area contributed by atoms with Gasteiger partial charge in [0.25, 0.3) is 0 Å². The van der Waals surface area contributed by atoms with Crippen molar-refractivity contribution in [1.82, 2.24) is 10.3 Å². The second-order valence-electron chi connectivity index (χ2n) is 6.64. The van der Waals surface area contributed by atoms with Gasteiger partial charge in [0.2, 0.25) is 5.88 Å². The van der Waals surface area contributed by atoms with Crippen LogP contribution >= 0.6 is 0 Å². The molecule has 7 heteroatoms. The van der Waals surface area contributed by atoms with Crippen LogP contribution in [-0.2, 0) is 22.4 Å². The fourth-order valence-electron chi connectivity index (χ4n) is 2.51. The van der Waals surface area contributed by atoms with E-state index in [0.29, 0.717) is 24.4 Å². The van der Waals surface area contributed by atoms with E-state index < -0.39 is 11.7 Å². The zero-order valence-corrected chi connectivity index (χ0v) is 14.1. The minimum Gasteiger partial charge on any atom is -0.476 e. The molecule has 0 radical (unpaired) electrons. The van der Waals surface area contributed by atoms with E-state index in [1.54, 1.807) is 26.8 Å². The second kappa shape index (κ2) is 7.30. The average molecular weight is 331 g/mol. The molecule has 1 aliphatic carbocycles. The summed E-state index contributed by atoms with van der Waals surface area (Å²) < 4.78 is 10.6. The van der Waals surface area contributed by atoms with Gasteiger partial charge in [-0.1, -0.05) is 0 Å². The molecule has 1 amide bonds. The lowest BCUT2D eigenvalue weighted by Gasteiger charge is -2.19. The number of nitriles is 1. The number of hydrogen-bond donors (Lipinski definition) is 1. The molecule has 0 spiro atoms. The Morgan fingerprint density at radius 1 is 1.50 bits per heavy atom. The molecule has 0 bridgehead atoms. The van der Waals surface area contributed by atoms with Gasteiger partial charge in [-0.3, -0.25) is 0 Å². The van der Waals surface area contributed by atoms with Crippen LogP contribution in [0.15, 0.2) is 6.07 Å². The molecule has 0 fully saturated rings. The molecule has 0 saturated carbocycles. The molecule has 1 aromatic rings. The molecular weight excluding hydrogens is 310 g/mol. The molecule has 1 N–H and O–H groups in total. The van der Waals surface area contributed by atoms with E-state index in [2.05, 4.69) is 10.3 Å². The quantitative estimate of drug-likeness (QED) is 0.652. The van der Waals surface area contributed by atoms with Crippen molar-refractivity contribution >= 4 is 12.4 Å². The molecule has 7 nitrogen and oxygen atoms in total. The van der Waals surface area contributed by atoms with Crippen molar-refractivity contribution in [2.75, 3.05) is 13.2 Å². The standard InChI is InChI=1S/C17H21N3O4/c1-17(2,3)24-16(22)19-4-5-23-15-8-12-6-11(10-21)7-13(12)14(9-18)20-15/h8,10-11H,4-7H2,1-3H3,(H,19,22). The van der Waals surface area contributed by atoms with Crippen molar-refractivity contribution in [3.8, 4) is 11.9 Å². The van der Waals surface area contributed by atoms with E-state index in [0.717, 1.165) is 17.4 Å². The normalized spacial score (nSPS) is 16.0. The Morgan fingerprint density at radius 2 is 2.25 bits per heavy atom. The highest BCUT2D eigenvalue weighted by Crippen LogP contribution is 2.30. The Morgan fingerprint density at radius 3 is 2.88 bits per heavy atom. The van der Waals surface area contributed by atoms with Crippen LogP contribution in [0.25, 0.3) is 0 Å². The molecule has 1 atom stereocenters. The molecule has 1 heterocycles. The van der Waals surface area contributed by atoms with E-state index >= 15 is 0 Å². The van der Waals surface area contributed by atoms with Gasteiger partial charge in [0.15, 0.2) is 0 Å². The monoisotopic (exact) mass is 331 g/mol. The first-order valence-electron chi connectivity index (χ1n) is 7.80. The number of fused-ring (bicyclic) bond motifs is 1. The highest BCUT2D eigenvalue weighted by atomic mass is 16.6. The van der Waals surface area contributed by atoms with Crippen LogP contribution in [0.2, 0.25) is 0 Å². The molecule has 1 aromatic heterocycles. The van der Waals surface area contributed by atoms with Crippen LogP contribution < -0.4 is 10.1 Å². The number of nitrogens with zero attached hydrogens (tertiary/aromatic N) is 2. The molecule has 0 aromatic carbocycles. The van der Waals surface area contributed by atoms with E-state index in [1.807, 2.05) is 6.07 Å². The summed E-state index contributed by atoms with van der Waals surface area (Å²) in [5, 5.41) is 11.8. The van der Waals surface area contributed by atoms with Gasteiger partial charge in [-0.15, -0.1) is 0 Å². The molecule has 1 unspecified atom stereocenters. The van der Waals surface area contributed by atoms with Crippen LogP contribution in [0.3, 0.4) is 0 Å². The van der Waals surface area contributed by atoms with Gasteiger partial charge in [-0.25, -0.2) is 9.78 Å². The van der Waals surface area contributed by atoms with Crippen molar-refractivity contribution in [1.29, 1.82) is 5.26 Å². The van der Waals surface area contributed by atoms with Gasteiger partial charge in [0.1, 0.15) is 30.3 Å². The van der Waals surface area contributed by atoms with Crippen molar-refractivity contribution in [2.45, 2.75) is 39.2 Å². The summed E-state index contributed by atoms with van der Waals surface area (Å²) in [6, 6.07) is 3.81. The predicted octanol–water partition coefficient (Wildman–Crippen LogP) is 1.77. The number of carbonyl (C=O) groups excluding carboxylic acids is 2. The molecular formula is C17H21N3O4. The van der Waals surface area contributed by atoms with Crippen LogP contribution in [0, 0.1) is 17.2 Å². The summed E-state index contributed by atoms with van der Waals surface area (Å²) in [5.41, 5.74) is 1.50.